The molecule has 0 N–H and O–H groups in total. The van der Waals surface area contributed by atoms with Gasteiger partial charge in [-0.15, -0.1) is 12.1 Å². The summed E-state index contributed by atoms with van der Waals surface area (Å²) in [6, 6.07) is 0. The van der Waals surface area contributed by atoms with Gasteiger partial charge in [-0.25, -0.2) is 0 Å². The highest BCUT2D eigenvalue weighted by molar-refractivity contribution is 7.98. The molecule has 9 heavy (non-hydrogen) atoms. The Hall–Kier alpha value is -0.0551. The van der Waals surface area contributed by atoms with Gasteiger partial charge in [0.1, 0.15) is 0 Å². The molecule has 0 spiro atoms. The van der Waals surface area contributed by atoms with Crippen molar-refractivity contribution in [3.8, 4) is 0 Å². The van der Waals surface area contributed by atoms with Gasteiger partial charge in [-0.1, -0.05) is 0 Å². The van der Waals surface area contributed by atoms with E-state index in [1.54, 1.807) is 6.26 Å². The first-order valence-electron chi connectivity index (χ1n) is 2.43. The van der Waals surface area contributed by atoms with E-state index in [0.29, 0.717) is 11.7 Å². The maximum atomic E-state index is 11.3. The van der Waals surface area contributed by atoms with Gasteiger partial charge in [-0.2, -0.15) is 11.8 Å². The zero-order valence-corrected chi connectivity index (χ0v) is 5.80. The van der Waals surface area contributed by atoms with Crippen molar-refractivity contribution in [2.24, 2.45) is 0 Å². The van der Waals surface area contributed by atoms with E-state index in [0.717, 1.165) is 6.08 Å². The lowest BCUT2D eigenvalue weighted by molar-refractivity contribution is 0.498. The van der Waals surface area contributed by atoms with Crippen molar-refractivity contribution in [1.29, 1.82) is 0 Å². The minimum absolute atomic E-state index is 0.316. The summed E-state index contributed by atoms with van der Waals surface area (Å²) < 4.78 is 34.0. The Morgan fingerprint density at radius 3 is 2.33 bits per heavy atom. The number of rotatable bonds is 3. The lowest BCUT2D eigenvalue weighted by Gasteiger charge is -2.05. The fourth-order valence-electron chi connectivity index (χ4n) is 0.306. The molecule has 0 rings (SSSR count). The molecule has 0 saturated heterocycles. The monoisotopic (exact) mass is 155 g/mol. The maximum Gasteiger partial charge on any atom is 0.502 e. The summed E-state index contributed by atoms with van der Waals surface area (Å²) in [6.45, 7) is -4.70. The fraction of sp³-hybridized carbons (Fsp3) is 0.500. The smallest absolute Gasteiger partial charge is 0.445 e. The normalized spacial score (nSPS) is 12.9. The SMILES string of the molecule is CSC/C=C/[B-](F)(F)F. The van der Waals surface area contributed by atoms with E-state index in [9.17, 15) is 12.9 Å². The molecule has 0 aliphatic rings. The Balaban J connectivity index is 3.45. The van der Waals surface area contributed by atoms with Gasteiger partial charge in [0.2, 0.25) is 0 Å². The van der Waals surface area contributed by atoms with Crippen LogP contribution in [0.5, 0.6) is 0 Å². The van der Waals surface area contributed by atoms with Crippen LogP contribution in [0.25, 0.3) is 0 Å². The molecule has 0 aromatic rings. The molecule has 0 aliphatic heterocycles. The second kappa shape index (κ2) is 3.87. The highest BCUT2D eigenvalue weighted by atomic mass is 32.2. The molecule has 0 heterocycles. The Morgan fingerprint density at radius 2 is 2.00 bits per heavy atom. The van der Waals surface area contributed by atoms with Crippen LogP contribution in [-0.2, 0) is 0 Å². The lowest BCUT2D eigenvalue weighted by atomic mass is 9.92. The van der Waals surface area contributed by atoms with E-state index in [-0.39, 0.29) is 0 Å². The topological polar surface area (TPSA) is 0 Å². The van der Waals surface area contributed by atoms with E-state index in [2.05, 4.69) is 0 Å². The van der Waals surface area contributed by atoms with Crippen LogP contribution in [0.4, 0.5) is 12.9 Å². The van der Waals surface area contributed by atoms with Crippen LogP contribution in [0.2, 0.25) is 0 Å². The Bertz CT molecular complexity index is 98.5. The molecule has 0 saturated carbocycles. The molecule has 0 aliphatic carbocycles. The van der Waals surface area contributed by atoms with Gasteiger partial charge in [-0.05, 0) is 6.26 Å². The predicted octanol–water partition coefficient (Wildman–Crippen LogP) is 2.29. The van der Waals surface area contributed by atoms with Crippen LogP contribution >= 0.6 is 11.8 Å². The highest BCUT2D eigenvalue weighted by Gasteiger charge is 2.16. The summed E-state index contributed by atoms with van der Waals surface area (Å²) in [4.78, 5) is 0. The summed E-state index contributed by atoms with van der Waals surface area (Å²) >= 11 is 1.37. The number of hydrogen-bond donors (Lipinski definition) is 0. The molecule has 0 radical (unpaired) electrons. The third kappa shape index (κ3) is 7.94. The molecule has 0 aromatic heterocycles. The zero-order chi connectivity index (χ0) is 7.33. The molecular weight excluding hydrogens is 148 g/mol. The molecule has 0 aromatic carbocycles. The van der Waals surface area contributed by atoms with Crippen molar-refractivity contribution in [1.82, 2.24) is 0 Å². The average Bonchev–Trinajstić information content (AvgIpc) is 1.63. The van der Waals surface area contributed by atoms with Gasteiger partial charge in [-0.3, -0.25) is 0 Å². The van der Waals surface area contributed by atoms with E-state index >= 15 is 0 Å². The molecule has 0 atom stereocenters. The lowest BCUT2D eigenvalue weighted by Crippen LogP contribution is -2.09. The first-order chi connectivity index (χ1) is 4.06. The largest absolute Gasteiger partial charge is 0.502 e. The van der Waals surface area contributed by atoms with Gasteiger partial charge >= 0.3 is 6.98 Å². The molecule has 0 bridgehead atoms. The third-order valence-corrected chi connectivity index (χ3v) is 1.14. The molecule has 0 nitrogen and oxygen atoms in total. The number of halogens is 3. The van der Waals surface area contributed by atoms with Crippen LogP contribution in [0.1, 0.15) is 0 Å². The van der Waals surface area contributed by atoms with Crippen molar-refractivity contribution >= 4 is 18.7 Å². The molecular formula is C4H7BF3S-. The van der Waals surface area contributed by atoms with Crippen molar-refractivity contribution in [2.75, 3.05) is 12.0 Å². The third-order valence-electron chi connectivity index (χ3n) is 0.617. The predicted molar refractivity (Wildman–Crippen MR) is 36.6 cm³/mol. The van der Waals surface area contributed by atoms with Crippen molar-refractivity contribution < 1.29 is 12.9 Å². The quantitative estimate of drug-likeness (QED) is 0.563. The van der Waals surface area contributed by atoms with Gasteiger partial charge in [0.15, 0.2) is 0 Å². The van der Waals surface area contributed by atoms with E-state index in [4.69, 9.17) is 0 Å². The molecule has 5 heteroatoms. The summed E-state index contributed by atoms with van der Waals surface area (Å²) in [5.41, 5.74) is 0. The Labute approximate surface area is 56.6 Å². The van der Waals surface area contributed by atoms with Crippen LogP contribution in [0, 0.1) is 0 Å². The Kier molecular flexibility index (Phi) is 3.85. The zero-order valence-electron chi connectivity index (χ0n) is 4.98. The van der Waals surface area contributed by atoms with Gasteiger partial charge < -0.3 is 12.9 Å². The molecule has 0 unspecified atom stereocenters. The highest BCUT2D eigenvalue weighted by Crippen LogP contribution is 2.09. The summed E-state index contributed by atoms with van der Waals surface area (Å²) in [5.74, 6) is 0.748. The van der Waals surface area contributed by atoms with Crippen molar-refractivity contribution in [3.05, 3.63) is 12.1 Å². The second-order valence-electron chi connectivity index (χ2n) is 1.51. The van der Waals surface area contributed by atoms with Gasteiger partial charge in [0.05, 0.1) is 0 Å². The molecule has 0 fully saturated rings. The van der Waals surface area contributed by atoms with Crippen LogP contribution < -0.4 is 0 Å². The first kappa shape index (κ1) is 8.94. The van der Waals surface area contributed by atoms with E-state index < -0.39 is 6.98 Å². The first-order valence-corrected chi connectivity index (χ1v) is 3.82. The summed E-state index contributed by atoms with van der Waals surface area (Å²) in [6.07, 6.45) is 2.89. The van der Waals surface area contributed by atoms with Gasteiger partial charge in [0.25, 0.3) is 0 Å². The van der Waals surface area contributed by atoms with Crippen molar-refractivity contribution in [3.63, 3.8) is 0 Å². The fourth-order valence-corrected chi connectivity index (χ4v) is 0.610. The number of thioether (sulfide) groups is 1. The number of hydrogen-bond acceptors (Lipinski definition) is 1. The molecule has 54 valence electrons. The van der Waals surface area contributed by atoms with Crippen molar-refractivity contribution in [2.45, 2.75) is 0 Å². The van der Waals surface area contributed by atoms with Crippen LogP contribution in [-0.4, -0.2) is 19.0 Å². The maximum absolute atomic E-state index is 11.3. The minimum Gasteiger partial charge on any atom is -0.445 e. The molecule has 0 amide bonds. The minimum atomic E-state index is -4.70. The van der Waals surface area contributed by atoms with E-state index in [1.807, 2.05) is 0 Å². The standard InChI is InChI=1S/C4H7BF3S/c1-9-4-2-3-5(6,7)8/h2-3H,4H2,1H3/q-1/b3-2+. The summed E-state index contributed by atoms with van der Waals surface area (Å²) in [5, 5.41) is 0. The summed E-state index contributed by atoms with van der Waals surface area (Å²) in [7, 11) is 0. The van der Waals surface area contributed by atoms with Crippen LogP contribution in [0.3, 0.4) is 0 Å². The Morgan fingerprint density at radius 1 is 1.44 bits per heavy atom. The second-order valence-corrected chi connectivity index (χ2v) is 2.42. The average molecular weight is 155 g/mol. The van der Waals surface area contributed by atoms with E-state index in [1.165, 1.54) is 11.8 Å². The van der Waals surface area contributed by atoms with Crippen LogP contribution in [0.15, 0.2) is 12.1 Å². The van der Waals surface area contributed by atoms with Gasteiger partial charge in [0, 0.05) is 5.75 Å².